The van der Waals surface area contributed by atoms with Crippen LogP contribution in [-0.2, 0) is 0 Å². The number of halogens is 2. The molecule has 0 bridgehead atoms. The average molecular weight is 346 g/mol. The third-order valence-corrected chi connectivity index (χ3v) is 3.25. The van der Waals surface area contributed by atoms with Gasteiger partial charge in [0.1, 0.15) is 5.75 Å². The molecule has 0 saturated carbocycles. The molecule has 0 radical (unpaired) electrons. The molecule has 0 spiro atoms. The first-order valence-electron chi connectivity index (χ1n) is 7.37. The van der Waals surface area contributed by atoms with Crippen LogP contribution in [0.5, 0.6) is 5.75 Å². The number of nitro groups is 1. The maximum Gasteiger partial charge on any atom is 0.387 e. The van der Waals surface area contributed by atoms with E-state index in [1.807, 2.05) is 13.8 Å². The van der Waals surface area contributed by atoms with Crippen molar-refractivity contribution in [2.75, 3.05) is 31.5 Å². The van der Waals surface area contributed by atoms with E-state index in [1.165, 1.54) is 0 Å². The lowest BCUT2D eigenvalue weighted by molar-refractivity contribution is -0.384. The maximum atomic E-state index is 12.4. The van der Waals surface area contributed by atoms with E-state index < -0.39 is 17.6 Å². The number of likely N-dealkylation sites (N-methyl/N-ethyl adjacent to an activating group) is 1. The predicted molar refractivity (Wildman–Crippen MR) is 84.5 cm³/mol. The van der Waals surface area contributed by atoms with Gasteiger partial charge in [-0.2, -0.15) is 8.78 Å². The molecule has 0 fully saturated rings. The van der Waals surface area contributed by atoms with Crippen LogP contribution in [0.3, 0.4) is 0 Å². The summed E-state index contributed by atoms with van der Waals surface area (Å²) in [6, 6.07) is 2.32. The molecule has 134 valence electrons. The van der Waals surface area contributed by atoms with E-state index in [0.717, 1.165) is 31.3 Å². The Morgan fingerprint density at radius 1 is 1.38 bits per heavy atom. The van der Waals surface area contributed by atoms with Gasteiger partial charge in [0.15, 0.2) is 0 Å². The number of hydrogen-bond acceptors (Lipinski definition) is 5. The van der Waals surface area contributed by atoms with Crippen molar-refractivity contribution in [1.82, 2.24) is 10.2 Å². The van der Waals surface area contributed by atoms with E-state index in [0.29, 0.717) is 13.1 Å². The Hall–Kier alpha value is -2.49. The van der Waals surface area contributed by atoms with Crippen molar-refractivity contribution in [2.45, 2.75) is 20.5 Å². The molecule has 1 aromatic rings. The number of carbonyl (C=O) groups is 1. The predicted octanol–water partition coefficient (Wildman–Crippen LogP) is 2.66. The minimum atomic E-state index is -3.11. The standard InChI is InChI=1S/C14H20F2N4O4/c1-3-19(4-2)8-7-17-14(21)18-11-9-10(20(22)23)5-6-12(11)24-13(15)16/h5-6,9,13H,3-4,7-8H2,1-2H3,(H2,17,18,21). The Morgan fingerprint density at radius 3 is 2.58 bits per heavy atom. The van der Waals surface area contributed by atoms with Crippen molar-refractivity contribution in [3.05, 3.63) is 28.3 Å². The average Bonchev–Trinajstić information content (AvgIpc) is 2.52. The van der Waals surface area contributed by atoms with Crippen LogP contribution in [0.25, 0.3) is 0 Å². The topological polar surface area (TPSA) is 96.7 Å². The van der Waals surface area contributed by atoms with Gasteiger partial charge in [-0.15, -0.1) is 0 Å². The second-order valence-corrected chi connectivity index (χ2v) is 4.72. The summed E-state index contributed by atoms with van der Waals surface area (Å²) in [5, 5.41) is 15.6. The van der Waals surface area contributed by atoms with Crippen LogP contribution in [0.2, 0.25) is 0 Å². The van der Waals surface area contributed by atoms with Gasteiger partial charge in [-0.25, -0.2) is 4.79 Å². The molecule has 2 amide bonds. The number of nitrogens with zero attached hydrogens (tertiary/aromatic N) is 2. The summed E-state index contributed by atoms with van der Waals surface area (Å²) < 4.78 is 29.0. The lowest BCUT2D eigenvalue weighted by Gasteiger charge is -2.18. The summed E-state index contributed by atoms with van der Waals surface area (Å²) in [4.78, 5) is 24.0. The first-order chi connectivity index (χ1) is 11.4. The molecular weight excluding hydrogens is 326 g/mol. The molecule has 0 atom stereocenters. The first kappa shape index (κ1) is 19.6. The van der Waals surface area contributed by atoms with Crippen LogP contribution in [0, 0.1) is 10.1 Å². The fourth-order valence-electron chi connectivity index (χ4n) is 1.96. The van der Waals surface area contributed by atoms with Gasteiger partial charge in [-0.1, -0.05) is 13.8 Å². The van der Waals surface area contributed by atoms with Gasteiger partial charge < -0.3 is 20.3 Å². The Kier molecular flexibility index (Phi) is 7.83. The van der Waals surface area contributed by atoms with E-state index >= 15 is 0 Å². The van der Waals surface area contributed by atoms with Gasteiger partial charge in [0.05, 0.1) is 10.6 Å². The second-order valence-electron chi connectivity index (χ2n) is 4.72. The highest BCUT2D eigenvalue weighted by Gasteiger charge is 2.16. The SMILES string of the molecule is CCN(CC)CCNC(=O)Nc1cc([N+](=O)[O-])ccc1OC(F)F. The van der Waals surface area contributed by atoms with E-state index in [2.05, 4.69) is 20.3 Å². The van der Waals surface area contributed by atoms with Gasteiger partial charge in [0.25, 0.3) is 5.69 Å². The second kappa shape index (κ2) is 9.60. The number of carbonyl (C=O) groups excluding carboxylic acids is 1. The van der Waals surface area contributed by atoms with E-state index in [-0.39, 0.29) is 17.1 Å². The molecule has 0 aliphatic rings. The fraction of sp³-hybridized carbons (Fsp3) is 0.500. The summed E-state index contributed by atoms with van der Waals surface area (Å²) in [6.07, 6.45) is 0. The van der Waals surface area contributed by atoms with Gasteiger partial charge in [0.2, 0.25) is 0 Å². The Morgan fingerprint density at radius 2 is 2.04 bits per heavy atom. The number of anilines is 1. The number of amides is 2. The molecule has 0 aromatic heterocycles. The highest BCUT2D eigenvalue weighted by Crippen LogP contribution is 2.30. The van der Waals surface area contributed by atoms with Crippen molar-refractivity contribution in [3.63, 3.8) is 0 Å². The first-order valence-corrected chi connectivity index (χ1v) is 7.37. The normalized spacial score (nSPS) is 10.8. The molecule has 24 heavy (non-hydrogen) atoms. The summed E-state index contributed by atoms with van der Waals surface area (Å²) >= 11 is 0. The summed E-state index contributed by atoms with van der Waals surface area (Å²) in [7, 11) is 0. The lowest BCUT2D eigenvalue weighted by atomic mass is 10.2. The van der Waals surface area contributed by atoms with E-state index in [1.54, 1.807) is 0 Å². The summed E-state index contributed by atoms with van der Waals surface area (Å²) in [5.74, 6) is -0.352. The Bertz CT molecular complexity index is 568. The zero-order chi connectivity index (χ0) is 18.1. The minimum absolute atomic E-state index is 0.204. The molecule has 1 aromatic carbocycles. The number of nitrogens with one attached hydrogen (secondary N) is 2. The van der Waals surface area contributed by atoms with Crippen molar-refractivity contribution in [1.29, 1.82) is 0 Å². The van der Waals surface area contributed by atoms with Gasteiger partial charge in [-0.05, 0) is 19.2 Å². The van der Waals surface area contributed by atoms with Crippen molar-refractivity contribution >= 4 is 17.4 Å². The zero-order valence-corrected chi connectivity index (χ0v) is 13.4. The maximum absolute atomic E-state index is 12.4. The van der Waals surface area contributed by atoms with Crippen LogP contribution in [0.4, 0.5) is 25.0 Å². The molecule has 1 rings (SSSR count). The fourth-order valence-corrected chi connectivity index (χ4v) is 1.96. The van der Waals surface area contributed by atoms with Gasteiger partial charge in [-0.3, -0.25) is 10.1 Å². The minimum Gasteiger partial charge on any atom is -0.433 e. The lowest BCUT2D eigenvalue weighted by Crippen LogP contribution is -2.37. The Balaban J connectivity index is 2.74. The van der Waals surface area contributed by atoms with Crippen molar-refractivity contribution < 1.29 is 23.2 Å². The Labute approximate surface area is 137 Å². The third kappa shape index (κ3) is 6.32. The number of hydrogen-bond donors (Lipinski definition) is 2. The molecule has 8 nitrogen and oxygen atoms in total. The molecule has 10 heteroatoms. The number of nitro benzene ring substituents is 1. The van der Waals surface area contributed by atoms with Crippen molar-refractivity contribution in [3.8, 4) is 5.75 Å². The number of non-ortho nitro benzene ring substituents is 1. The van der Waals surface area contributed by atoms with Crippen LogP contribution < -0.4 is 15.4 Å². The molecule has 0 aliphatic carbocycles. The highest BCUT2D eigenvalue weighted by molar-refractivity contribution is 5.91. The van der Waals surface area contributed by atoms with Gasteiger partial charge >= 0.3 is 12.6 Å². The van der Waals surface area contributed by atoms with Gasteiger partial charge in [0, 0.05) is 25.2 Å². The number of rotatable bonds is 9. The van der Waals surface area contributed by atoms with Crippen LogP contribution >= 0.6 is 0 Å². The third-order valence-electron chi connectivity index (χ3n) is 3.25. The molecule has 2 N–H and O–H groups in total. The number of ether oxygens (including phenoxy) is 1. The summed E-state index contributed by atoms with van der Waals surface area (Å²) in [5.41, 5.74) is -0.556. The zero-order valence-electron chi connectivity index (χ0n) is 13.4. The molecular formula is C14H20F2N4O4. The van der Waals surface area contributed by atoms with Crippen molar-refractivity contribution in [2.24, 2.45) is 0 Å². The highest BCUT2D eigenvalue weighted by atomic mass is 19.3. The number of alkyl halides is 2. The summed E-state index contributed by atoms with van der Waals surface area (Å²) in [6.45, 7) is 3.48. The quantitative estimate of drug-likeness (QED) is 0.529. The van der Waals surface area contributed by atoms with Crippen LogP contribution in [-0.4, -0.2) is 48.6 Å². The monoisotopic (exact) mass is 346 g/mol. The van der Waals surface area contributed by atoms with E-state index in [9.17, 15) is 23.7 Å². The smallest absolute Gasteiger partial charge is 0.387 e. The molecule has 0 saturated heterocycles. The van der Waals surface area contributed by atoms with Crippen LogP contribution in [0.15, 0.2) is 18.2 Å². The number of benzene rings is 1. The molecule has 0 aliphatic heterocycles. The largest absolute Gasteiger partial charge is 0.433 e. The van der Waals surface area contributed by atoms with E-state index in [4.69, 9.17) is 0 Å². The molecule has 0 heterocycles. The molecule has 0 unspecified atom stereocenters. The van der Waals surface area contributed by atoms with Crippen LogP contribution in [0.1, 0.15) is 13.8 Å². The number of urea groups is 1.